The molecule has 0 radical (unpaired) electrons. The molecule has 5 heteroatoms. The van der Waals surface area contributed by atoms with Crippen LogP contribution in [0.15, 0.2) is 46.6 Å². The molecule has 0 aliphatic heterocycles. The topological polar surface area (TPSA) is 35.5 Å². The number of carbonyl (C=O) groups excluding carboxylic acids is 1. The van der Waals surface area contributed by atoms with E-state index in [2.05, 4.69) is 95.1 Å². The van der Waals surface area contributed by atoms with Gasteiger partial charge < -0.3 is 9.16 Å². The lowest BCUT2D eigenvalue weighted by atomic mass is 9.86. The maximum Gasteiger partial charge on any atom is 0.331 e. The minimum Gasteiger partial charge on any atom is -0.459 e. The zero-order chi connectivity index (χ0) is 25.9. The second-order valence-electron chi connectivity index (χ2n) is 10.5. The van der Waals surface area contributed by atoms with E-state index in [1.807, 2.05) is 36.4 Å². The minimum absolute atomic E-state index is 0.00906. The number of halogens is 1. The smallest absolute Gasteiger partial charge is 0.331 e. The van der Waals surface area contributed by atoms with E-state index in [0.717, 1.165) is 18.4 Å². The van der Waals surface area contributed by atoms with Gasteiger partial charge in [-0.2, -0.15) is 0 Å². The van der Waals surface area contributed by atoms with E-state index < -0.39 is 8.32 Å². The van der Waals surface area contributed by atoms with E-state index in [-0.39, 0.29) is 30.0 Å². The van der Waals surface area contributed by atoms with Gasteiger partial charge >= 0.3 is 5.97 Å². The van der Waals surface area contributed by atoms with Crippen LogP contribution in [-0.2, 0) is 14.0 Å². The Balaban J connectivity index is 3.23. The average Bonchev–Trinajstić information content (AvgIpc) is 2.80. The second kappa shape index (κ2) is 15.2. The molecule has 0 amide bonds. The molecule has 1 rings (SSSR count). The third kappa shape index (κ3) is 8.63. The third-order valence-corrected chi connectivity index (χ3v) is 13.9. The number of hydrogen-bond donors (Lipinski definition) is 0. The Morgan fingerprint density at radius 3 is 2.00 bits per heavy atom. The first-order valence-electron chi connectivity index (χ1n) is 12.9. The molecule has 1 aromatic rings. The highest BCUT2D eigenvalue weighted by molar-refractivity contribution is 14.1. The van der Waals surface area contributed by atoms with Crippen LogP contribution in [0, 0.1) is 11.8 Å². The zero-order valence-electron chi connectivity index (χ0n) is 22.8. The number of carbonyl (C=O) groups is 1. The second-order valence-corrected chi connectivity index (χ2v) is 16.6. The van der Waals surface area contributed by atoms with Crippen molar-refractivity contribution < 1.29 is 14.0 Å². The quantitative estimate of drug-likeness (QED) is 0.0927. The fourth-order valence-electron chi connectivity index (χ4n) is 5.31. The maximum atomic E-state index is 12.8. The van der Waals surface area contributed by atoms with Crippen LogP contribution in [-0.4, -0.2) is 26.5 Å². The third-order valence-electron chi connectivity index (χ3n) is 7.29. The predicted octanol–water partition coefficient (Wildman–Crippen LogP) is 9.19. The summed E-state index contributed by atoms with van der Waals surface area (Å²) in [6.45, 7) is 20.5. The van der Waals surface area contributed by atoms with Crippen LogP contribution < -0.4 is 0 Å². The monoisotopic (exact) mass is 598 g/mol. The van der Waals surface area contributed by atoms with Crippen LogP contribution in [0.1, 0.15) is 80.7 Å². The van der Waals surface area contributed by atoms with Crippen molar-refractivity contribution in [2.75, 3.05) is 0 Å². The molecule has 34 heavy (non-hydrogen) atoms. The first kappa shape index (κ1) is 31.1. The van der Waals surface area contributed by atoms with Gasteiger partial charge in [0.2, 0.25) is 8.32 Å². The normalized spacial score (nSPS) is 16.5. The Hall–Kier alpha value is -0.923. The van der Waals surface area contributed by atoms with Gasteiger partial charge in [-0.3, -0.25) is 0 Å². The van der Waals surface area contributed by atoms with Crippen LogP contribution in [0.3, 0.4) is 0 Å². The molecule has 0 saturated heterocycles. The molecule has 0 unspecified atom stereocenters. The largest absolute Gasteiger partial charge is 0.459 e. The van der Waals surface area contributed by atoms with E-state index >= 15 is 0 Å². The summed E-state index contributed by atoms with van der Waals surface area (Å²) in [4.78, 5) is 12.8. The molecule has 0 fully saturated rings. The molecule has 192 valence electrons. The fraction of sp³-hybridized carbons (Fsp3) is 0.621. The van der Waals surface area contributed by atoms with Crippen molar-refractivity contribution in [3.05, 3.63) is 52.1 Å². The van der Waals surface area contributed by atoms with Gasteiger partial charge in [-0.1, -0.05) is 128 Å². The molecular formula is C29H47IO3Si. The van der Waals surface area contributed by atoms with Crippen molar-refractivity contribution in [1.29, 1.82) is 0 Å². The van der Waals surface area contributed by atoms with Crippen molar-refractivity contribution in [1.82, 2.24) is 0 Å². The van der Waals surface area contributed by atoms with Gasteiger partial charge in [0, 0.05) is 12.0 Å². The SMILES string of the molecule is CC[C@H](C)[C@@H](OC(=O)/C=C/c1ccccc1)[C@@H](C)[C@H](C/C=C\I)O[Si](C(C)C)(C(C)C)C(C)C. The number of ether oxygens (including phenoxy) is 1. The molecule has 0 N–H and O–H groups in total. The van der Waals surface area contributed by atoms with Crippen LogP contribution in [0.25, 0.3) is 6.08 Å². The Kier molecular flexibility index (Phi) is 13.9. The van der Waals surface area contributed by atoms with Crippen molar-refractivity contribution in [2.45, 2.75) is 104 Å². The summed E-state index contributed by atoms with van der Waals surface area (Å²) in [5, 5.41) is 0. The summed E-state index contributed by atoms with van der Waals surface area (Å²) in [5.41, 5.74) is 2.50. The lowest BCUT2D eigenvalue weighted by molar-refractivity contribution is -0.151. The molecule has 0 aromatic heterocycles. The van der Waals surface area contributed by atoms with Gasteiger partial charge in [0.05, 0.1) is 6.10 Å². The molecule has 0 aliphatic carbocycles. The van der Waals surface area contributed by atoms with Crippen molar-refractivity contribution in [3.63, 3.8) is 0 Å². The maximum absolute atomic E-state index is 12.8. The van der Waals surface area contributed by atoms with E-state index in [9.17, 15) is 4.79 Å². The van der Waals surface area contributed by atoms with E-state index in [1.54, 1.807) is 6.08 Å². The number of benzene rings is 1. The highest BCUT2D eigenvalue weighted by Crippen LogP contribution is 2.44. The van der Waals surface area contributed by atoms with Crippen molar-refractivity contribution >= 4 is 43.0 Å². The van der Waals surface area contributed by atoms with Gasteiger partial charge in [-0.05, 0) is 44.7 Å². The Morgan fingerprint density at radius 2 is 1.53 bits per heavy atom. The number of hydrogen-bond acceptors (Lipinski definition) is 3. The summed E-state index contributed by atoms with van der Waals surface area (Å²) in [7, 11) is -2.08. The number of rotatable bonds is 14. The minimum atomic E-state index is -2.08. The van der Waals surface area contributed by atoms with E-state index in [0.29, 0.717) is 16.6 Å². The highest BCUT2D eigenvalue weighted by Gasteiger charge is 2.48. The standard InChI is InChI=1S/C29H47IO3Si/c1-10-24(8)29(32-28(31)19-18-26-15-12-11-13-16-26)25(9)27(17-14-20-30)33-34(21(2)3,22(4)5)23(6)7/h11-16,18-25,27,29H,10,17H2,1-9H3/b19-18+,20-14-/t24-,25-,27-,29+/m0/s1. The highest BCUT2D eigenvalue weighted by atomic mass is 127. The summed E-state index contributed by atoms with van der Waals surface area (Å²) >= 11 is 2.28. The van der Waals surface area contributed by atoms with Gasteiger partial charge in [-0.15, -0.1) is 0 Å². The molecule has 0 heterocycles. The molecule has 0 spiro atoms. The lowest BCUT2D eigenvalue weighted by Crippen LogP contribution is -2.52. The fourth-order valence-corrected chi connectivity index (χ4v) is 11.3. The molecule has 1 aromatic carbocycles. The van der Waals surface area contributed by atoms with E-state index in [4.69, 9.17) is 9.16 Å². The Morgan fingerprint density at radius 1 is 0.971 bits per heavy atom. The Labute approximate surface area is 224 Å². The van der Waals surface area contributed by atoms with Crippen LogP contribution in [0.5, 0.6) is 0 Å². The van der Waals surface area contributed by atoms with Gasteiger partial charge in [0.25, 0.3) is 0 Å². The first-order valence-corrected chi connectivity index (χ1v) is 16.3. The first-order chi connectivity index (χ1) is 16.0. The molecule has 0 bridgehead atoms. The van der Waals surface area contributed by atoms with Gasteiger partial charge in [0.15, 0.2) is 0 Å². The van der Waals surface area contributed by atoms with E-state index in [1.165, 1.54) is 0 Å². The molecule has 3 nitrogen and oxygen atoms in total. The summed E-state index contributed by atoms with van der Waals surface area (Å²) < 4.78 is 15.4. The summed E-state index contributed by atoms with van der Waals surface area (Å²) in [5.74, 6) is 0.0380. The van der Waals surface area contributed by atoms with Crippen molar-refractivity contribution in [3.8, 4) is 0 Å². The summed E-state index contributed by atoms with van der Waals surface area (Å²) in [6, 6.07) is 9.85. The summed E-state index contributed by atoms with van der Waals surface area (Å²) in [6.07, 6.45) is 7.14. The molecule has 0 aliphatic rings. The molecular weight excluding hydrogens is 551 g/mol. The van der Waals surface area contributed by atoms with Crippen LogP contribution in [0.4, 0.5) is 0 Å². The molecule has 0 saturated carbocycles. The van der Waals surface area contributed by atoms with Crippen molar-refractivity contribution in [2.24, 2.45) is 11.8 Å². The van der Waals surface area contributed by atoms with Gasteiger partial charge in [0.1, 0.15) is 6.10 Å². The molecule has 4 atom stereocenters. The Bertz CT molecular complexity index is 751. The number of esters is 1. The van der Waals surface area contributed by atoms with Crippen LogP contribution >= 0.6 is 22.6 Å². The average molecular weight is 599 g/mol. The predicted molar refractivity (Wildman–Crippen MR) is 158 cm³/mol. The lowest BCUT2D eigenvalue weighted by Gasteiger charge is -2.47. The van der Waals surface area contributed by atoms with Crippen LogP contribution in [0.2, 0.25) is 16.6 Å². The zero-order valence-corrected chi connectivity index (χ0v) is 25.9. The van der Waals surface area contributed by atoms with Gasteiger partial charge in [-0.25, -0.2) is 4.79 Å².